The Morgan fingerprint density at radius 2 is 2.19 bits per heavy atom. The number of ether oxygens (including phenoxy) is 1. The topological polar surface area (TPSA) is 43.4 Å². The van der Waals surface area contributed by atoms with Gasteiger partial charge in [0.05, 0.1) is 6.61 Å². The molecule has 0 aromatic rings. The third kappa shape index (κ3) is 2.94. The second-order valence-electron chi connectivity index (χ2n) is 5.14. The van der Waals surface area contributed by atoms with Gasteiger partial charge in [-0.25, -0.2) is 4.79 Å². The Bertz CT molecular complexity index is 315. The van der Waals surface area contributed by atoms with Gasteiger partial charge in [0.2, 0.25) is 0 Å². The summed E-state index contributed by atoms with van der Waals surface area (Å²) in [6, 6.07) is 0. The standard InChI is InChI=1S/C13H20O3/c1-5-16-12(15)9(2)10-6-7-13(3,4)8-11(10)14/h10H,2,5-8H2,1,3-4H3. The fourth-order valence-corrected chi connectivity index (χ4v) is 2.11. The molecule has 1 fully saturated rings. The normalized spacial score (nSPS) is 23.9. The van der Waals surface area contributed by atoms with Crippen molar-refractivity contribution in [2.75, 3.05) is 6.61 Å². The minimum Gasteiger partial charge on any atom is -0.463 e. The van der Waals surface area contributed by atoms with Crippen molar-refractivity contribution in [1.82, 2.24) is 0 Å². The molecule has 0 spiro atoms. The van der Waals surface area contributed by atoms with E-state index in [4.69, 9.17) is 4.74 Å². The molecule has 1 aliphatic rings. The van der Waals surface area contributed by atoms with Crippen LogP contribution in [0.5, 0.6) is 0 Å². The number of ketones is 1. The molecule has 1 rings (SSSR count). The van der Waals surface area contributed by atoms with Crippen LogP contribution >= 0.6 is 0 Å². The first-order valence-electron chi connectivity index (χ1n) is 5.76. The van der Waals surface area contributed by atoms with E-state index in [0.29, 0.717) is 25.0 Å². The predicted octanol–water partition coefficient (Wildman–Crippen LogP) is 2.50. The highest BCUT2D eigenvalue weighted by atomic mass is 16.5. The van der Waals surface area contributed by atoms with Crippen LogP contribution < -0.4 is 0 Å². The molecule has 0 saturated heterocycles. The van der Waals surface area contributed by atoms with E-state index in [1.165, 1.54) is 0 Å². The lowest BCUT2D eigenvalue weighted by Crippen LogP contribution is -2.33. The SMILES string of the molecule is C=C(C(=O)OCC)C1CCC(C)(C)CC1=O. The van der Waals surface area contributed by atoms with E-state index in [0.717, 1.165) is 6.42 Å². The minimum absolute atomic E-state index is 0.0581. The number of Topliss-reactive ketones (excluding diaryl/α,β-unsaturated/α-hetero) is 1. The predicted molar refractivity (Wildman–Crippen MR) is 61.9 cm³/mol. The molecule has 0 aromatic carbocycles. The Hall–Kier alpha value is -1.12. The summed E-state index contributed by atoms with van der Waals surface area (Å²) < 4.78 is 4.87. The molecule has 1 aliphatic carbocycles. The van der Waals surface area contributed by atoms with E-state index in [9.17, 15) is 9.59 Å². The highest BCUT2D eigenvalue weighted by Gasteiger charge is 2.36. The zero-order valence-electron chi connectivity index (χ0n) is 10.3. The lowest BCUT2D eigenvalue weighted by molar-refractivity contribution is -0.141. The summed E-state index contributed by atoms with van der Waals surface area (Å²) in [5.41, 5.74) is 0.380. The molecular formula is C13H20O3. The summed E-state index contributed by atoms with van der Waals surface area (Å²) in [4.78, 5) is 23.4. The maximum absolute atomic E-state index is 11.9. The maximum Gasteiger partial charge on any atom is 0.334 e. The Kier molecular flexibility index (Phi) is 3.89. The Labute approximate surface area is 96.9 Å². The van der Waals surface area contributed by atoms with Crippen LogP contribution in [0, 0.1) is 11.3 Å². The summed E-state index contributed by atoms with van der Waals surface area (Å²) in [6.07, 6.45) is 2.18. The summed E-state index contributed by atoms with van der Waals surface area (Å²) >= 11 is 0. The van der Waals surface area contributed by atoms with Crippen LogP contribution in [0.25, 0.3) is 0 Å². The highest BCUT2D eigenvalue weighted by molar-refractivity contribution is 5.97. The molecule has 0 aromatic heterocycles. The number of esters is 1. The van der Waals surface area contributed by atoms with Gasteiger partial charge in [-0.15, -0.1) is 0 Å². The molecule has 3 heteroatoms. The molecule has 0 aliphatic heterocycles. The van der Waals surface area contributed by atoms with Gasteiger partial charge >= 0.3 is 5.97 Å². The lowest BCUT2D eigenvalue weighted by atomic mass is 9.70. The van der Waals surface area contributed by atoms with E-state index >= 15 is 0 Å². The van der Waals surface area contributed by atoms with Gasteiger partial charge in [0.15, 0.2) is 0 Å². The second kappa shape index (κ2) is 4.81. The molecule has 1 saturated carbocycles. The average molecular weight is 224 g/mol. The monoisotopic (exact) mass is 224 g/mol. The van der Waals surface area contributed by atoms with Crippen molar-refractivity contribution in [3.8, 4) is 0 Å². The first-order valence-corrected chi connectivity index (χ1v) is 5.76. The molecule has 16 heavy (non-hydrogen) atoms. The fourth-order valence-electron chi connectivity index (χ4n) is 2.11. The van der Waals surface area contributed by atoms with Crippen LogP contribution in [0.2, 0.25) is 0 Å². The third-order valence-corrected chi connectivity index (χ3v) is 3.11. The molecule has 3 nitrogen and oxygen atoms in total. The van der Waals surface area contributed by atoms with Crippen LogP contribution in [0.1, 0.15) is 40.0 Å². The maximum atomic E-state index is 11.9. The van der Waals surface area contributed by atoms with Crippen LogP contribution in [0.4, 0.5) is 0 Å². The van der Waals surface area contributed by atoms with Gasteiger partial charge in [0.25, 0.3) is 0 Å². The van der Waals surface area contributed by atoms with E-state index in [1.54, 1.807) is 6.92 Å². The van der Waals surface area contributed by atoms with Crippen molar-refractivity contribution in [2.45, 2.75) is 40.0 Å². The van der Waals surface area contributed by atoms with E-state index in [-0.39, 0.29) is 17.1 Å². The van der Waals surface area contributed by atoms with Gasteiger partial charge in [-0.3, -0.25) is 4.79 Å². The first-order chi connectivity index (χ1) is 7.37. The summed E-state index contributed by atoms with van der Waals surface area (Å²) in [5, 5.41) is 0. The van der Waals surface area contributed by atoms with Crippen LogP contribution in [-0.4, -0.2) is 18.4 Å². The Morgan fingerprint density at radius 1 is 1.56 bits per heavy atom. The van der Waals surface area contributed by atoms with Crippen LogP contribution in [0.3, 0.4) is 0 Å². The van der Waals surface area contributed by atoms with Gasteiger partial charge in [-0.05, 0) is 25.2 Å². The molecule has 90 valence electrons. The summed E-state index contributed by atoms with van der Waals surface area (Å²) in [6.45, 7) is 9.93. The fraction of sp³-hybridized carbons (Fsp3) is 0.692. The third-order valence-electron chi connectivity index (χ3n) is 3.11. The molecule has 0 radical (unpaired) electrons. The highest BCUT2D eigenvalue weighted by Crippen LogP contribution is 2.38. The number of rotatable bonds is 3. The minimum atomic E-state index is -0.430. The Morgan fingerprint density at radius 3 is 2.69 bits per heavy atom. The summed E-state index contributed by atoms with van der Waals surface area (Å²) in [7, 11) is 0. The van der Waals surface area contributed by atoms with Crippen molar-refractivity contribution in [3.05, 3.63) is 12.2 Å². The van der Waals surface area contributed by atoms with E-state index < -0.39 is 5.97 Å². The average Bonchev–Trinajstić information content (AvgIpc) is 2.16. The molecular weight excluding hydrogens is 204 g/mol. The molecule has 0 bridgehead atoms. The van der Waals surface area contributed by atoms with Crippen molar-refractivity contribution in [3.63, 3.8) is 0 Å². The van der Waals surface area contributed by atoms with Crippen LogP contribution in [0.15, 0.2) is 12.2 Å². The smallest absolute Gasteiger partial charge is 0.334 e. The number of carbonyl (C=O) groups excluding carboxylic acids is 2. The van der Waals surface area contributed by atoms with Crippen molar-refractivity contribution in [1.29, 1.82) is 0 Å². The van der Waals surface area contributed by atoms with Crippen molar-refractivity contribution >= 4 is 11.8 Å². The number of hydrogen-bond acceptors (Lipinski definition) is 3. The van der Waals surface area contributed by atoms with E-state index in [1.807, 2.05) is 0 Å². The van der Waals surface area contributed by atoms with Gasteiger partial charge in [-0.1, -0.05) is 20.4 Å². The van der Waals surface area contributed by atoms with Crippen LogP contribution in [-0.2, 0) is 14.3 Å². The van der Waals surface area contributed by atoms with Gasteiger partial charge in [0.1, 0.15) is 5.78 Å². The zero-order valence-corrected chi connectivity index (χ0v) is 10.3. The largest absolute Gasteiger partial charge is 0.463 e. The number of hydrogen-bond donors (Lipinski definition) is 0. The molecule has 0 amide bonds. The summed E-state index contributed by atoms with van der Waals surface area (Å²) in [5.74, 6) is -0.637. The molecule has 1 unspecified atom stereocenters. The van der Waals surface area contributed by atoms with Gasteiger partial charge in [-0.2, -0.15) is 0 Å². The van der Waals surface area contributed by atoms with Crippen molar-refractivity contribution < 1.29 is 14.3 Å². The lowest BCUT2D eigenvalue weighted by Gasteiger charge is -2.33. The van der Waals surface area contributed by atoms with Gasteiger partial charge in [0, 0.05) is 17.9 Å². The van der Waals surface area contributed by atoms with Crippen molar-refractivity contribution in [2.24, 2.45) is 11.3 Å². The zero-order chi connectivity index (χ0) is 12.3. The quantitative estimate of drug-likeness (QED) is 0.546. The first kappa shape index (κ1) is 12.9. The number of carbonyl (C=O) groups is 2. The second-order valence-corrected chi connectivity index (χ2v) is 5.14. The van der Waals surface area contributed by atoms with E-state index in [2.05, 4.69) is 20.4 Å². The molecule has 0 N–H and O–H groups in total. The Balaban J connectivity index is 2.66. The molecule has 1 atom stereocenters. The molecule has 0 heterocycles. The van der Waals surface area contributed by atoms with Gasteiger partial charge < -0.3 is 4.74 Å².